The molecule has 0 aliphatic carbocycles. The van der Waals surface area contributed by atoms with E-state index in [1.165, 1.54) is 0 Å². The molecule has 0 aromatic carbocycles. The van der Waals surface area contributed by atoms with E-state index >= 15 is 0 Å². The second kappa shape index (κ2) is 3.22. The van der Waals surface area contributed by atoms with Gasteiger partial charge in [-0.25, -0.2) is 0 Å². The molecule has 0 heterocycles. The minimum Gasteiger partial charge on any atom is -0.0773 e. The van der Waals surface area contributed by atoms with Crippen LogP contribution in [0.25, 0.3) is 0 Å². The molecule has 0 N–H and O–H groups in total. The minimum absolute atomic E-state index is 1.67. The summed E-state index contributed by atoms with van der Waals surface area (Å²) in [5.41, 5.74) is 0. The molecule has 0 nitrogen and oxygen atoms in total. The van der Waals surface area contributed by atoms with E-state index in [-0.39, 0.29) is 0 Å². The second-order valence-electron chi connectivity index (χ2n) is 0.362. The average molecular weight is 120 g/mol. The van der Waals surface area contributed by atoms with E-state index in [9.17, 15) is 0 Å². The Balaban J connectivity index is 2.55. The topological polar surface area (TPSA) is 0 Å². The molecule has 4 heavy (non-hydrogen) atoms. The van der Waals surface area contributed by atoms with E-state index < -0.39 is 0 Å². The van der Waals surface area contributed by atoms with Crippen molar-refractivity contribution in [2.75, 3.05) is 0 Å². The number of hydrogen-bond donors (Lipinski definition) is 0. The van der Waals surface area contributed by atoms with Crippen molar-refractivity contribution in [3.05, 3.63) is 18.0 Å². The molecular weight excluding hydrogens is 116 g/mol. The van der Waals surface area contributed by atoms with Gasteiger partial charge in [0.1, 0.15) is 0 Å². The summed E-state index contributed by atoms with van der Waals surface area (Å²) in [5, 5.41) is 0. The monoisotopic (exact) mass is 119 g/mol. The van der Waals surface area contributed by atoms with E-state index in [1.807, 2.05) is 0 Å². The standard InChI is InChI=1S/C3H4Br/c1-2-3-4/h2-3H,1H2/b3-2-. The zero-order valence-electron chi connectivity index (χ0n) is 2.24. The van der Waals surface area contributed by atoms with Gasteiger partial charge in [0.15, 0.2) is 0 Å². The zero-order chi connectivity index (χ0) is 3.41. The van der Waals surface area contributed by atoms with Crippen molar-refractivity contribution in [1.29, 1.82) is 0 Å². The average Bonchev–Trinajstić information content (AvgIpc) is 1.37. The lowest BCUT2D eigenvalue weighted by molar-refractivity contribution is 2.17. The van der Waals surface area contributed by atoms with Gasteiger partial charge in [-0.1, -0.05) is 22.0 Å². The fourth-order valence-corrected chi connectivity index (χ4v) is 0. The van der Waals surface area contributed by atoms with E-state index in [2.05, 4.69) is 22.9 Å². The molecule has 0 fully saturated rings. The molecule has 1 radical (unpaired) electrons. The first-order valence-electron chi connectivity index (χ1n) is 0.960. The molecule has 0 saturated heterocycles. The van der Waals surface area contributed by atoms with Crippen LogP contribution >= 0.6 is 15.9 Å². The third-order valence-corrected chi connectivity index (χ3v) is 0.463. The maximum Gasteiger partial charge on any atom is -0.0229 e. The molecule has 0 aromatic heterocycles. The van der Waals surface area contributed by atoms with Crippen molar-refractivity contribution in [3.63, 3.8) is 0 Å². The number of halogens is 1. The molecule has 0 aliphatic rings. The summed E-state index contributed by atoms with van der Waals surface area (Å²) < 4.78 is 0. The number of hydrogen-bond acceptors (Lipinski definition) is 0. The highest BCUT2D eigenvalue weighted by Gasteiger charge is 1.37. The predicted octanol–water partition coefficient (Wildman–Crippen LogP) is 1.73. The third-order valence-electron chi connectivity index (χ3n) is 0.0891. The summed E-state index contributed by atoms with van der Waals surface area (Å²) in [6, 6.07) is 0. The fraction of sp³-hybridized carbons (Fsp3) is 0. The van der Waals surface area contributed by atoms with E-state index in [0.717, 1.165) is 0 Å². The fourth-order valence-electron chi connectivity index (χ4n) is 0. The molecule has 0 amide bonds. The second-order valence-corrected chi connectivity index (χ2v) is 0.890. The molecule has 0 aliphatic heterocycles. The molecule has 0 atom stereocenters. The summed E-state index contributed by atoms with van der Waals surface area (Å²) in [7, 11) is 0. The highest BCUT2D eigenvalue weighted by molar-refractivity contribution is 9.11. The predicted molar refractivity (Wildman–Crippen MR) is 23.4 cm³/mol. The molecule has 0 aromatic rings. The first kappa shape index (κ1) is 4.22. The van der Waals surface area contributed by atoms with Crippen molar-refractivity contribution >= 4 is 15.9 Å². The molecule has 23 valence electrons. The summed E-state index contributed by atoms with van der Waals surface area (Å²) in [5.74, 6) is 0. The van der Waals surface area contributed by atoms with Gasteiger partial charge < -0.3 is 0 Å². The van der Waals surface area contributed by atoms with Crippen molar-refractivity contribution in [2.24, 2.45) is 0 Å². The van der Waals surface area contributed by atoms with Gasteiger partial charge in [0.25, 0.3) is 0 Å². The summed E-state index contributed by atoms with van der Waals surface area (Å²) in [6.45, 7) is 3.38. The zero-order valence-corrected chi connectivity index (χ0v) is 3.83. The van der Waals surface area contributed by atoms with E-state index in [1.54, 1.807) is 11.1 Å². The minimum atomic E-state index is 1.67. The van der Waals surface area contributed by atoms with Crippen LogP contribution in [0.3, 0.4) is 0 Å². The van der Waals surface area contributed by atoms with Crippen molar-refractivity contribution in [2.45, 2.75) is 0 Å². The van der Waals surface area contributed by atoms with E-state index in [0.29, 0.717) is 0 Å². The normalized spacial score (nSPS) is 9.50. The molecule has 0 spiro atoms. The van der Waals surface area contributed by atoms with Crippen molar-refractivity contribution in [1.82, 2.24) is 0 Å². The van der Waals surface area contributed by atoms with Crippen LogP contribution in [-0.4, -0.2) is 0 Å². The van der Waals surface area contributed by atoms with Crippen LogP contribution in [0.2, 0.25) is 0 Å². The molecule has 0 bridgehead atoms. The van der Waals surface area contributed by atoms with Crippen LogP contribution in [0.1, 0.15) is 0 Å². The summed E-state index contributed by atoms with van der Waals surface area (Å²) >= 11 is 3.01. The summed E-state index contributed by atoms with van der Waals surface area (Å²) in [4.78, 5) is 1.70. The Bertz CT molecular complexity index is 18.5. The third kappa shape index (κ3) is 2.22. The Labute approximate surface area is 34.6 Å². The SMILES string of the molecule is [CH2]/C=C\Br. The quantitative estimate of drug-likeness (QED) is 0.456. The maximum atomic E-state index is 3.38. The van der Waals surface area contributed by atoms with Crippen LogP contribution < -0.4 is 0 Å². The Morgan fingerprint density at radius 2 is 2.00 bits per heavy atom. The van der Waals surface area contributed by atoms with Crippen LogP contribution in [-0.2, 0) is 0 Å². The van der Waals surface area contributed by atoms with Crippen molar-refractivity contribution < 1.29 is 0 Å². The van der Waals surface area contributed by atoms with Crippen LogP contribution in [0.5, 0.6) is 0 Å². The molecule has 1 heteroatoms. The largest absolute Gasteiger partial charge is 0.0773 e. The molecular formula is C3H4Br. The first-order valence-corrected chi connectivity index (χ1v) is 1.88. The van der Waals surface area contributed by atoms with Crippen LogP contribution in [0.15, 0.2) is 11.1 Å². The van der Waals surface area contributed by atoms with Crippen LogP contribution in [0, 0.1) is 6.92 Å². The van der Waals surface area contributed by atoms with Crippen molar-refractivity contribution in [3.8, 4) is 0 Å². The lowest BCUT2D eigenvalue weighted by atomic mass is 10.8. The molecule has 0 rings (SSSR count). The van der Waals surface area contributed by atoms with Gasteiger partial charge in [-0.15, -0.1) is 0 Å². The highest BCUT2D eigenvalue weighted by atomic mass is 79.9. The smallest absolute Gasteiger partial charge is 0.0229 e. The Morgan fingerprint density at radius 1 is 1.75 bits per heavy atom. The lowest BCUT2D eigenvalue weighted by Crippen LogP contribution is -1.20. The molecule has 0 saturated carbocycles. The Kier molecular flexibility index (Phi) is 3.40. The van der Waals surface area contributed by atoms with Crippen LogP contribution in [0.4, 0.5) is 0 Å². The van der Waals surface area contributed by atoms with Gasteiger partial charge in [-0.2, -0.15) is 0 Å². The molecule has 0 unspecified atom stereocenters. The Hall–Kier alpha value is 0.220. The van der Waals surface area contributed by atoms with Gasteiger partial charge in [-0.3, -0.25) is 0 Å². The number of rotatable bonds is 0. The van der Waals surface area contributed by atoms with Gasteiger partial charge in [0.05, 0.1) is 0 Å². The Morgan fingerprint density at radius 3 is 2.00 bits per heavy atom. The maximum absolute atomic E-state index is 3.38. The van der Waals surface area contributed by atoms with Gasteiger partial charge >= 0.3 is 0 Å². The summed E-state index contributed by atoms with van der Waals surface area (Å²) in [6.07, 6.45) is 1.67. The van der Waals surface area contributed by atoms with E-state index in [4.69, 9.17) is 0 Å². The van der Waals surface area contributed by atoms with Gasteiger partial charge in [0.2, 0.25) is 0 Å². The first-order chi connectivity index (χ1) is 1.91. The lowest BCUT2D eigenvalue weighted by Gasteiger charge is -1.46. The highest BCUT2D eigenvalue weighted by Crippen LogP contribution is 1.76. The van der Waals surface area contributed by atoms with Gasteiger partial charge in [0, 0.05) is 0 Å². The van der Waals surface area contributed by atoms with Gasteiger partial charge in [-0.05, 0) is 11.9 Å². The number of allylic oxidation sites excluding steroid dienone is 1.